The summed E-state index contributed by atoms with van der Waals surface area (Å²) in [7, 11) is 0. The fourth-order valence-electron chi connectivity index (χ4n) is 5.62. The van der Waals surface area contributed by atoms with Crippen LogP contribution in [0.1, 0.15) is 74.9 Å². The number of benzene rings is 4. The number of hydrogen-bond acceptors (Lipinski definition) is 4. The van der Waals surface area contributed by atoms with E-state index >= 15 is 0 Å². The van der Waals surface area contributed by atoms with Crippen LogP contribution in [0.25, 0.3) is 0 Å². The van der Waals surface area contributed by atoms with Crippen molar-refractivity contribution in [2.45, 2.75) is 66.2 Å². The van der Waals surface area contributed by atoms with E-state index in [0.717, 1.165) is 55.6 Å². The van der Waals surface area contributed by atoms with Crippen LogP contribution in [0.3, 0.4) is 0 Å². The molecule has 0 heterocycles. The van der Waals surface area contributed by atoms with Crippen LogP contribution in [-0.4, -0.2) is 20.4 Å². The highest BCUT2D eigenvalue weighted by Gasteiger charge is 2.35. The zero-order valence-corrected chi connectivity index (χ0v) is 23.3. The Balaban J connectivity index is 1.99. The summed E-state index contributed by atoms with van der Waals surface area (Å²) >= 11 is 0. The maximum Gasteiger partial charge on any atom is 0.121 e. The third kappa shape index (κ3) is 4.96. The Bertz CT molecular complexity index is 1360. The first-order valence-corrected chi connectivity index (χ1v) is 13.0. The quantitative estimate of drug-likeness (QED) is 0.213. The smallest absolute Gasteiger partial charge is 0.121 e. The molecular formula is C34H38O4. The van der Waals surface area contributed by atoms with Gasteiger partial charge in [-0.3, -0.25) is 0 Å². The number of aryl methyl sites for hydroxylation is 6. The van der Waals surface area contributed by atoms with Crippen molar-refractivity contribution in [3.8, 4) is 23.0 Å². The third-order valence-electron chi connectivity index (χ3n) is 8.11. The summed E-state index contributed by atoms with van der Waals surface area (Å²) in [6, 6.07) is 19.7. The van der Waals surface area contributed by atoms with Crippen LogP contribution in [0.2, 0.25) is 0 Å². The van der Waals surface area contributed by atoms with E-state index in [-0.39, 0.29) is 17.4 Å². The van der Waals surface area contributed by atoms with Gasteiger partial charge in [0.15, 0.2) is 0 Å². The van der Waals surface area contributed by atoms with Gasteiger partial charge in [-0.15, -0.1) is 0 Å². The molecule has 4 aromatic rings. The second-order valence-corrected chi connectivity index (χ2v) is 11.1. The molecule has 4 heteroatoms. The predicted molar refractivity (Wildman–Crippen MR) is 154 cm³/mol. The summed E-state index contributed by atoms with van der Waals surface area (Å²) in [6.07, 6.45) is 0.675. The van der Waals surface area contributed by atoms with Gasteiger partial charge >= 0.3 is 0 Å². The van der Waals surface area contributed by atoms with Gasteiger partial charge < -0.3 is 20.4 Å². The first kappa shape index (κ1) is 27.1. The Kier molecular flexibility index (Phi) is 7.20. The largest absolute Gasteiger partial charge is 0.508 e. The van der Waals surface area contributed by atoms with Gasteiger partial charge in [-0.05, 0) is 116 Å². The van der Waals surface area contributed by atoms with Crippen LogP contribution in [0.5, 0.6) is 23.0 Å². The molecular weight excluding hydrogens is 472 g/mol. The van der Waals surface area contributed by atoms with E-state index in [2.05, 4.69) is 31.2 Å². The van der Waals surface area contributed by atoms with E-state index in [9.17, 15) is 20.4 Å². The minimum absolute atomic E-state index is 0.0702. The number of phenols is 4. The van der Waals surface area contributed by atoms with Crippen molar-refractivity contribution in [1.82, 2.24) is 0 Å². The molecule has 0 radical (unpaired) electrons. The third-order valence-corrected chi connectivity index (χ3v) is 8.11. The molecule has 0 aliphatic carbocycles. The molecule has 0 bridgehead atoms. The molecule has 4 N–H and O–H groups in total. The fraction of sp³-hybridized carbons (Fsp3) is 0.294. The minimum atomic E-state index is -0.499. The monoisotopic (exact) mass is 510 g/mol. The number of phenolic OH excluding ortho intramolecular Hbond substituents is 4. The van der Waals surface area contributed by atoms with Crippen molar-refractivity contribution in [2.24, 2.45) is 0 Å². The summed E-state index contributed by atoms with van der Waals surface area (Å²) in [5, 5.41) is 41.6. The Morgan fingerprint density at radius 2 is 0.868 bits per heavy atom. The second kappa shape index (κ2) is 10.1. The van der Waals surface area contributed by atoms with Crippen molar-refractivity contribution in [3.05, 3.63) is 116 Å². The standard InChI is InChI=1S/C34H38O4/c1-19-16-27(8-10-30(19)35)34(7,28-9-11-31(36)20(2)17-28)18-29(25-12-21(3)32(37)22(4)13-25)26-14-23(5)33(38)24(6)15-26/h8-17,29,35-38H,18H2,1-7H3. The Morgan fingerprint density at radius 1 is 0.526 bits per heavy atom. The van der Waals surface area contributed by atoms with Gasteiger partial charge in [0.25, 0.3) is 0 Å². The summed E-state index contributed by atoms with van der Waals surface area (Å²) < 4.78 is 0. The van der Waals surface area contributed by atoms with E-state index in [1.807, 2.05) is 65.8 Å². The molecule has 0 fully saturated rings. The van der Waals surface area contributed by atoms with Gasteiger partial charge in [0.2, 0.25) is 0 Å². The minimum Gasteiger partial charge on any atom is -0.508 e. The van der Waals surface area contributed by atoms with Gasteiger partial charge in [0.1, 0.15) is 23.0 Å². The van der Waals surface area contributed by atoms with Crippen molar-refractivity contribution < 1.29 is 20.4 Å². The molecule has 38 heavy (non-hydrogen) atoms. The molecule has 0 aliphatic rings. The van der Waals surface area contributed by atoms with Crippen molar-refractivity contribution in [3.63, 3.8) is 0 Å². The van der Waals surface area contributed by atoms with Crippen LogP contribution >= 0.6 is 0 Å². The maximum absolute atomic E-state index is 10.5. The summed E-state index contributed by atoms with van der Waals surface area (Å²) in [5.74, 6) is 1.04. The van der Waals surface area contributed by atoms with Gasteiger partial charge in [-0.2, -0.15) is 0 Å². The molecule has 0 spiro atoms. The molecule has 0 atom stereocenters. The Morgan fingerprint density at radius 3 is 1.18 bits per heavy atom. The highest BCUT2D eigenvalue weighted by molar-refractivity contribution is 5.52. The zero-order valence-electron chi connectivity index (χ0n) is 23.3. The van der Waals surface area contributed by atoms with E-state index in [4.69, 9.17) is 0 Å². The number of hydrogen-bond donors (Lipinski definition) is 4. The molecule has 0 amide bonds. The highest BCUT2D eigenvalue weighted by atomic mass is 16.3. The lowest BCUT2D eigenvalue weighted by molar-refractivity contribution is 0.457. The zero-order chi connectivity index (χ0) is 27.9. The lowest BCUT2D eigenvalue weighted by Crippen LogP contribution is -2.27. The molecule has 4 nitrogen and oxygen atoms in total. The van der Waals surface area contributed by atoms with Gasteiger partial charge in [0.05, 0.1) is 0 Å². The summed E-state index contributed by atoms with van der Waals surface area (Å²) in [5.41, 5.74) is 8.66. The predicted octanol–water partition coefficient (Wildman–Crippen LogP) is 7.89. The highest BCUT2D eigenvalue weighted by Crippen LogP contribution is 2.46. The van der Waals surface area contributed by atoms with Crippen LogP contribution in [-0.2, 0) is 5.41 Å². The number of rotatable bonds is 6. The molecule has 4 aromatic carbocycles. The normalized spacial score (nSPS) is 11.8. The van der Waals surface area contributed by atoms with Gasteiger partial charge in [-0.1, -0.05) is 55.5 Å². The second-order valence-electron chi connectivity index (χ2n) is 11.1. The van der Waals surface area contributed by atoms with Gasteiger partial charge in [-0.25, -0.2) is 0 Å². The lowest BCUT2D eigenvalue weighted by Gasteiger charge is -2.36. The Hall–Kier alpha value is -3.92. The van der Waals surface area contributed by atoms with Crippen molar-refractivity contribution in [1.29, 1.82) is 0 Å². The molecule has 0 saturated heterocycles. The molecule has 0 aromatic heterocycles. The van der Waals surface area contributed by atoms with Crippen LogP contribution in [0.15, 0.2) is 60.7 Å². The fourth-order valence-corrected chi connectivity index (χ4v) is 5.62. The topological polar surface area (TPSA) is 80.9 Å². The Labute approximate surface area is 225 Å². The van der Waals surface area contributed by atoms with Gasteiger partial charge in [0, 0.05) is 11.3 Å². The van der Waals surface area contributed by atoms with Crippen molar-refractivity contribution >= 4 is 0 Å². The summed E-state index contributed by atoms with van der Waals surface area (Å²) in [4.78, 5) is 0. The van der Waals surface area contributed by atoms with Crippen LogP contribution in [0.4, 0.5) is 0 Å². The summed E-state index contributed by atoms with van der Waals surface area (Å²) in [6.45, 7) is 13.7. The maximum atomic E-state index is 10.5. The molecule has 198 valence electrons. The van der Waals surface area contributed by atoms with E-state index < -0.39 is 5.41 Å². The molecule has 0 saturated carbocycles. The first-order chi connectivity index (χ1) is 17.8. The van der Waals surface area contributed by atoms with Crippen LogP contribution < -0.4 is 0 Å². The first-order valence-electron chi connectivity index (χ1n) is 13.0. The van der Waals surface area contributed by atoms with E-state index in [0.29, 0.717) is 17.9 Å². The van der Waals surface area contributed by atoms with Crippen LogP contribution in [0, 0.1) is 41.5 Å². The average molecular weight is 511 g/mol. The molecule has 0 aliphatic heterocycles. The number of aromatic hydroxyl groups is 4. The van der Waals surface area contributed by atoms with E-state index in [1.54, 1.807) is 12.1 Å². The lowest BCUT2D eigenvalue weighted by atomic mass is 9.67. The average Bonchev–Trinajstić information content (AvgIpc) is 2.86. The molecule has 4 rings (SSSR count). The van der Waals surface area contributed by atoms with E-state index in [1.165, 1.54) is 0 Å². The SMILES string of the molecule is Cc1cc(C(C)(CC(c2cc(C)c(O)c(C)c2)c2cc(C)c(O)c(C)c2)c2ccc(O)c(C)c2)ccc1O. The van der Waals surface area contributed by atoms with Crippen molar-refractivity contribution in [2.75, 3.05) is 0 Å². The molecule has 0 unspecified atom stereocenters.